The molecule has 1 aliphatic heterocycles. The van der Waals surface area contributed by atoms with Crippen LogP contribution >= 0.6 is 0 Å². The maximum atomic E-state index is 12.3. The second-order valence-corrected chi connectivity index (χ2v) is 5.97. The number of aliphatic hydroxyl groups is 6. The van der Waals surface area contributed by atoms with E-state index in [1.54, 1.807) is 30.3 Å². The van der Waals surface area contributed by atoms with Gasteiger partial charge in [0.1, 0.15) is 31.0 Å². The minimum absolute atomic E-state index is 0.0486. The Morgan fingerprint density at radius 1 is 1.20 bits per heavy atom. The van der Waals surface area contributed by atoms with Gasteiger partial charge in [-0.05, 0) is 5.56 Å². The van der Waals surface area contributed by atoms with E-state index in [1.807, 2.05) is 0 Å². The highest BCUT2D eigenvalue weighted by Crippen LogP contribution is 2.25. The molecule has 0 radical (unpaired) electrons. The molecule has 1 aliphatic rings. The van der Waals surface area contributed by atoms with Crippen LogP contribution in [0.25, 0.3) is 0 Å². The van der Waals surface area contributed by atoms with Gasteiger partial charge in [0.05, 0.1) is 25.3 Å². The highest BCUT2D eigenvalue weighted by molar-refractivity contribution is 5.69. The maximum Gasteiger partial charge on any atom is 0.410 e. The lowest BCUT2D eigenvalue weighted by molar-refractivity contribution is -0.112. The predicted octanol–water partition coefficient (Wildman–Crippen LogP) is -2.20. The van der Waals surface area contributed by atoms with E-state index < -0.39 is 49.3 Å². The number of β-amino-alcohol motifs (C(OH)–C–C–N with tert-alkyl or cyclic N) is 1. The second kappa shape index (κ2) is 8.56. The molecule has 9 nitrogen and oxygen atoms in total. The van der Waals surface area contributed by atoms with Gasteiger partial charge in [0, 0.05) is 0 Å². The molecular weight excluding hydrogens is 334 g/mol. The zero-order valence-electron chi connectivity index (χ0n) is 13.4. The summed E-state index contributed by atoms with van der Waals surface area (Å²) in [5.41, 5.74) is 0.726. The lowest BCUT2D eigenvalue weighted by Crippen LogP contribution is -2.55. The fourth-order valence-corrected chi connectivity index (χ4v) is 2.77. The number of carbonyl (C=O) groups excluding carboxylic acids is 1. The quantitative estimate of drug-likeness (QED) is 0.336. The number of aliphatic hydroxyl groups excluding tert-OH is 6. The standard InChI is InChI=1S/C16H23NO8/c18-7-11(20)14(22)15(23)12-13(21)10(19)6-17(12)16(24)25-8-9-4-2-1-3-5-9/h1-5,10-15,18-23H,6-8H2/t10-,11-,12+,13+,14+,15+/m0/s1. The lowest BCUT2D eigenvalue weighted by Gasteiger charge is -2.33. The first-order valence-electron chi connectivity index (χ1n) is 7.85. The van der Waals surface area contributed by atoms with Crippen LogP contribution in [0.3, 0.4) is 0 Å². The van der Waals surface area contributed by atoms with Gasteiger partial charge in [-0.2, -0.15) is 0 Å². The van der Waals surface area contributed by atoms with Crippen molar-refractivity contribution < 1.29 is 40.2 Å². The molecule has 2 rings (SSSR count). The summed E-state index contributed by atoms with van der Waals surface area (Å²) in [4.78, 5) is 13.2. The first-order chi connectivity index (χ1) is 11.9. The molecule has 0 aromatic heterocycles. The molecule has 1 aromatic rings. The van der Waals surface area contributed by atoms with Crippen molar-refractivity contribution in [3.8, 4) is 0 Å². The average molecular weight is 357 g/mol. The molecule has 0 unspecified atom stereocenters. The second-order valence-electron chi connectivity index (χ2n) is 5.97. The maximum absolute atomic E-state index is 12.3. The fourth-order valence-electron chi connectivity index (χ4n) is 2.77. The summed E-state index contributed by atoms with van der Waals surface area (Å²) in [6.07, 6.45) is -9.06. The van der Waals surface area contributed by atoms with E-state index in [0.29, 0.717) is 0 Å². The number of carbonyl (C=O) groups is 1. The summed E-state index contributed by atoms with van der Waals surface area (Å²) in [5.74, 6) is 0. The van der Waals surface area contributed by atoms with Crippen molar-refractivity contribution >= 4 is 6.09 Å². The van der Waals surface area contributed by atoms with E-state index in [1.165, 1.54) is 0 Å². The van der Waals surface area contributed by atoms with Gasteiger partial charge >= 0.3 is 6.09 Å². The van der Waals surface area contributed by atoms with Crippen molar-refractivity contribution in [2.75, 3.05) is 13.2 Å². The molecule has 0 aliphatic carbocycles. The van der Waals surface area contributed by atoms with Crippen molar-refractivity contribution in [3.05, 3.63) is 35.9 Å². The Hall–Kier alpha value is -1.75. The molecule has 6 atom stereocenters. The monoisotopic (exact) mass is 357 g/mol. The van der Waals surface area contributed by atoms with Gasteiger partial charge in [0.15, 0.2) is 0 Å². The highest BCUT2D eigenvalue weighted by Gasteiger charge is 2.49. The number of rotatable bonds is 6. The fraction of sp³-hybridized carbons (Fsp3) is 0.562. The molecule has 1 amide bonds. The minimum atomic E-state index is -1.82. The Morgan fingerprint density at radius 3 is 2.44 bits per heavy atom. The summed E-state index contributed by atoms with van der Waals surface area (Å²) in [7, 11) is 0. The minimum Gasteiger partial charge on any atom is -0.445 e. The topological polar surface area (TPSA) is 151 Å². The largest absolute Gasteiger partial charge is 0.445 e. The Balaban J connectivity index is 2.07. The zero-order valence-corrected chi connectivity index (χ0v) is 13.4. The van der Waals surface area contributed by atoms with Crippen LogP contribution in [0.4, 0.5) is 4.79 Å². The first-order valence-corrected chi connectivity index (χ1v) is 7.85. The Morgan fingerprint density at radius 2 is 1.84 bits per heavy atom. The summed E-state index contributed by atoms with van der Waals surface area (Å²) < 4.78 is 5.12. The van der Waals surface area contributed by atoms with E-state index in [4.69, 9.17) is 9.84 Å². The van der Waals surface area contributed by atoms with Crippen LogP contribution in [0.1, 0.15) is 5.56 Å². The van der Waals surface area contributed by atoms with Crippen LogP contribution in [0.5, 0.6) is 0 Å². The van der Waals surface area contributed by atoms with E-state index in [2.05, 4.69) is 0 Å². The highest BCUT2D eigenvalue weighted by atomic mass is 16.6. The van der Waals surface area contributed by atoms with Crippen molar-refractivity contribution in [3.63, 3.8) is 0 Å². The molecule has 25 heavy (non-hydrogen) atoms. The normalized spacial score (nSPS) is 27.0. The summed E-state index contributed by atoms with van der Waals surface area (Å²) in [6.45, 7) is -1.17. The van der Waals surface area contributed by atoms with Crippen LogP contribution < -0.4 is 0 Å². The van der Waals surface area contributed by atoms with Gasteiger partial charge < -0.3 is 35.4 Å². The molecule has 6 N–H and O–H groups in total. The van der Waals surface area contributed by atoms with Crippen molar-refractivity contribution in [2.45, 2.75) is 43.2 Å². The van der Waals surface area contributed by atoms with E-state index in [-0.39, 0.29) is 13.2 Å². The number of hydrogen-bond acceptors (Lipinski definition) is 8. The van der Waals surface area contributed by atoms with Gasteiger partial charge in [-0.1, -0.05) is 30.3 Å². The summed E-state index contributed by atoms with van der Waals surface area (Å²) in [6, 6.07) is 7.44. The molecule has 0 bridgehead atoms. The SMILES string of the molecule is O=C(OCc1ccccc1)N1C[C@H](O)[C@@H](O)[C@@H]1[C@@H](O)[C@H](O)[C@@H](O)CO. The van der Waals surface area contributed by atoms with Crippen LogP contribution in [-0.4, -0.2) is 91.3 Å². The zero-order chi connectivity index (χ0) is 18.6. The molecule has 0 saturated carbocycles. The molecule has 0 spiro atoms. The predicted molar refractivity (Wildman–Crippen MR) is 84.2 cm³/mol. The summed E-state index contributed by atoms with van der Waals surface area (Å²) >= 11 is 0. The van der Waals surface area contributed by atoms with E-state index in [0.717, 1.165) is 10.5 Å². The van der Waals surface area contributed by atoms with Crippen LogP contribution in [0.15, 0.2) is 30.3 Å². The van der Waals surface area contributed by atoms with Crippen LogP contribution in [-0.2, 0) is 11.3 Å². The van der Waals surface area contributed by atoms with E-state index in [9.17, 15) is 30.3 Å². The molecule has 1 saturated heterocycles. The van der Waals surface area contributed by atoms with Crippen molar-refractivity contribution in [1.82, 2.24) is 4.90 Å². The third kappa shape index (κ3) is 4.46. The Kier molecular flexibility index (Phi) is 6.71. The molecule has 9 heteroatoms. The van der Waals surface area contributed by atoms with Crippen LogP contribution in [0.2, 0.25) is 0 Å². The molecule has 140 valence electrons. The van der Waals surface area contributed by atoms with Crippen LogP contribution in [0, 0.1) is 0 Å². The average Bonchev–Trinajstić information content (AvgIpc) is 2.93. The first kappa shape index (κ1) is 19.6. The third-order valence-electron chi connectivity index (χ3n) is 4.21. The Bertz CT molecular complexity index is 556. The third-order valence-corrected chi connectivity index (χ3v) is 4.21. The molecule has 1 heterocycles. The number of nitrogens with zero attached hydrogens (tertiary/aromatic N) is 1. The van der Waals surface area contributed by atoms with Gasteiger partial charge in [-0.25, -0.2) is 4.79 Å². The summed E-state index contributed by atoms with van der Waals surface area (Å²) in [5, 5.41) is 58.1. The smallest absolute Gasteiger partial charge is 0.410 e. The van der Waals surface area contributed by atoms with E-state index >= 15 is 0 Å². The van der Waals surface area contributed by atoms with Gasteiger partial charge in [-0.15, -0.1) is 0 Å². The number of hydrogen-bond donors (Lipinski definition) is 6. The molecular formula is C16H23NO8. The lowest BCUT2D eigenvalue weighted by atomic mass is 9.97. The number of ether oxygens (including phenoxy) is 1. The van der Waals surface area contributed by atoms with Gasteiger partial charge in [0.25, 0.3) is 0 Å². The van der Waals surface area contributed by atoms with Crippen molar-refractivity contribution in [1.29, 1.82) is 0 Å². The van der Waals surface area contributed by atoms with Gasteiger partial charge in [0.2, 0.25) is 0 Å². The number of benzene rings is 1. The Labute approximate surface area is 144 Å². The number of likely N-dealkylation sites (tertiary alicyclic amines) is 1. The number of amides is 1. The molecule has 1 aromatic carbocycles. The molecule has 1 fully saturated rings. The van der Waals surface area contributed by atoms with Crippen molar-refractivity contribution in [2.24, 2.45) is 0 Å². The van der Waals surface area contributed by atoms with Gasteiger partial charge in [-0.3, -0.25) is 4.90 Å².